The summed E-state index contributed by atoms with van der Waals surface area (Å²) in [6.45, 7) is 0. The Hall–Kier alpha value is -3.35. The normalized spacial score (nSPS) is 15.9. The van der Waals surface area contributed by atoms with Crippen molar-refractivity contribution < 1.29 is 24.2 Å². The lowest BCUT2D eigenvalue weighted by Gasteiger charge is -2.21. The number of amides is 1. The number of hydrazone groups is 1. The number of carboxylic acids is 1. The van der Waals surface area contributed by atoms with Gasteiger partial charge in [-0.2, -0.15) is 5.10 Å². The van der Waals surface area contributed by atoms with Crippen LogP contribution < -0.4 is 9.47 Å². The second-order valence-corrected chi connectivity index (χ2v) is 6.41. The quantitative estimate of drug-likeness (QED) is 0.794. The molecule has 2 aromatic carbocycles. The Morgan fingerprint density at radius 1 is 1.07 bits per heavy atom. The van der Waals surface area contributed by atoms with E-state index >= 15 is 0 Å². The minimum absolute atomic E-state index is 0.100. The van der Waals surface area contributed by atoms with Gasteiger partial charge in [-0.05, 0) is 17.7 Å². The van der Waals surface area contributed by atoms with Crippen LogP contribution in [0.1, 0.15) is 36.4 Å². The molecule has 0 fully saturated rings. The summed E-state index contributed by atoms with van der Waals surface area (Å²) in [5.74, 6) is -0.0698. The Morgan fingerprint density at radius 3 is 2.29 bits per heavy atom. The number of benzene rings is 2. The Kier molecular flexibility index (Phi) is 5.93. The summed E-state index contributed by atoms with van der Waals surface area (Å²) in [5.41, 5.74) is 2.46. The molecule has 1 N–H and O–H groups in total. The fourth-order valence-electron chi connectivity index (χ4n) is 3.15. The first kappa shape index (κ1) is 19.4. The van der Waals surface area contributed by atoms with Gasteiger partial charge in [-0.3, -0.25) is 9.59 Å². The van der Waals surface area contributed by atoms with E-state index in [2.05, 4.69) is 5.10 Å². The summed E-state index contributed by atoms with van der Waals surface area (Å²) in [4.78, 5) is 23.5. The smallest absolute Gasteiger partial charge is 0.303 e. The molecule has 1 aliphatic rings. The largest absolute Gasteiger partial charge is 0.497 e. The van der Waals surface area contributed by atoms with Crippen LogP contribution in [-0.2, 0) is 9.59 Å². The van der Waals surface area contributed by atoms with Crippen LogP contribution in [0, 0.1) is 0 Å². The first-order chi connectivity index (χ1) is 13.5. The molecule has 1 aliphatic heterocycles. The second-order valence-electron chi connectivity index (χ2n) is 6.41. The Bertz CT molecular complexity index is 873. The molecule has 0 unspecified atom stereocenters. The van der Waals surface area contributed by atoms with Crippen LogP contribution >= 0.6 is 0 Å². The Balaban J connectivity index is 1.95. The Labute approximate surface area is 163 Å². The predicted octanol–water partition coefficient (Wildman–Crippen LogP) is 3.25. The number of hydrogen-bond donors (Lipinski definition) is 1. The van der Waals surface area contributed by atoms with E-state index in [1.807, 2.05) is 42.5 Å². The number of methoxy groups -OCH3 is 2. The molecule has 1 amide bonds. The van der Waals surface area contributed by atoms with Crippen molar-refractivity contribution in [3.05, 3.63) is 59.7 Å². The first-order valence-corrected chi connectivity index (χ1v) is 8.91. The summed E-state index contributed by atoms with van der Waals surface area (Å²) in [6.07, 6.45) is 0.185. The monoisotopic (exact) mass is 382 g/mol. The van der Waals surface area contributed by atoms with Gasteiger partial charge in [-0.25, -0.2) is 5.01 Å². The van der Waals surface area contributed by atoms with Gasteiger partial charge in [-0.15, -0.1) is 0 Å². The van der Waals surface area contributed by atoms with Crippen LogP contribution in [0.3, 0.4) is 0 Å². The minimum atomic E-state index is -1.01. The van der Waals surface area contributed by atoms with Gasteiger partial charge in [0.05, 0.1) is 32.4 Å². The topological polar surface area (TPSA) is 88.4 Å². The van der Waals surface area contributed by atoms with Crippen molar-refractivity contribution in [2.75, 3.05) is 14.2 Å². The number of aliphatic carboxylic acids is 1. The number of rotatable bonds is 7. The summed E-state index contributed by atoms with van der Waals surface area (Å²) in [6, 6.07) is 14.8. The van der Waals surface area contributed by atoms with E-state index < -0.39 is 5.97 Å². The van der Waals surface area contributed by atoms with E-state index in [0.29, 0.717) is 17.9 Å². The van der Waals surface area contributed by atoms with E-state index in [4.69, 9.17) is 14.6 Å². The molecule has 0 saturated heterocycles. The van der Waals surface area contributed by atoms with Crippen molar-refractivity contribution in [3.8, 4) is 11.5 Å². The van der Waals surface area contributed by atoms with Crippen molar-refractivity contribution >= 4 is 17.6 Å². The van der Waals surface area contributed by atoms with E-state index in [9.17, 15) is 9.59 Å². The molecule has 2 aromatic rings. The standard InChI is InChI=1S/C21H22N2O5/c1-27-16-10-15(11-17(12-16)28-2)18-13-19(14-6-4-3-5-7-14)23(22-18)20(24)8-9-21(25)26/h3-7,10-12,19H,8-9,13H2,1-2H3,(H,25,26)/t19-/m1/s1. The van der Waals surface area contributed by atoms with Gasteiger partial charge >= 0.3 is 5.97 Å². The number of ether oxygens (including phenoxy) is 2. The van der Waals surface area contributed by atoms with Crippen LogP contribution in [0.2, 0.25) is 0 Å². The zero-order valence-electron chi connectivity index (χ0n) is 15.8. The molecule has 0 radical (unpaired) electrons. The van der Waals surface area contributed by atoms with Gasteiger partial charge in [0.2, 0.25) is 5.91 Å². The van der Waals surface area contributed by atoms with Crippen LogP contribution in [0.4, 0.5) is 0 Å². The lowest BCUT2D eigenvalue weighted by molar-refractivity contribution is -0.141. The number of carbonyl (C=O) groups excluding carboxylic acids is 1. The van der Waals surface area contributed by atoms with Crippen molar-refractivity contribution in [1.82, 2.24) is 5.01 Å². The number of hydrogen-bond acceptors (Lipinski definition) is 5. The molecule has 7 heteroatoms. The van der Waals surface area contributed by atoms with Gasteiger partial charge in [-0.1, -0.05) is 30.3 Å². The van der Waals surface area contributed by atoms with Crippen molar-refractivity contribution in [3.63, 3.8) is 0 Å². The molecule has 0 aromatic heterocycles. The molecule has 1 atom stereocenters. The number of carboxylic acid groups (broad SMARTS) is 1. The summed E-state index contributed by atoms with van der Waals surface area (Å²) in [5, 5.41) is 14.8. The zero-order chi connectivity index (χ0) is 20.1. The van der Waals surface area contributed by atoms with Crippen molar-refractivity contribution in [1.29, 1.82) is 0 Å². The lowest BCUT2D eigenvalue weighted by Crippen LogP contribution is -2.27. The van der Waals surface area contributed by atoms with Gasteiger partial charge in [0.1, 0.15) is 11.5 Å². The molecule has 28 heavy (non-hydrogen) atoms. The maximum atomic E-state index is 12.7. The SMILES string of the molecule is COc1cc(OC)cc(C2=NN(C(=O)CCC(=O)O)[C@@H](c3ccccc3)C2)c1. The van der Waals surface area contributed by atoms with Crippen LogP contribution in [0.15, 0.2) is 53.6 Å². The average Bonchev–Trinajstić information content (AvgIpc) is 3.17. The predicted molar refractivity (Wildman–Crippen MR) is 104 cm³/mol. The van der Waals surface area contributed by atoms with Crippen molar-refractivity contribution in [2.24, 2.45) is 5.10 Å². The molecule has 0 aliphatic carbocycles. The van der Waals surface area contributed by atoms with Crippen LogP contribution in [0.5, 0.6) is 11.5 Å². The first-order valence-electron chi connectivity index (χ1n) is 8.91. The zero-order valence-corrected chi connectivity index (χ0v) is 15.8. The second kappa shape index (κ2) is 8.56. The van der Waals surface area contributed by atoms with Gasteiger partial charge in [0.25, 0.3) is 0 Å². The lowest BCUT2D eigenvalue weighted by atomic mass is 9.98. The molecule has 146 valence electrons. The van der Waals surface area contributed by atoms with E-state index in [1.165, 1.54) is 5.01 Å². The van der Waals surface area contributed by atoms with Gasteiger partial charge in [0.15, 0.2) is 0 Å². The molecular weight excluding hydrogens is 360 g/mol. The molecule has 3 rings (SSSR count). The highest BCUT2D eigenvalue weighted by atomic mass is 16.5. The molecular formula is C21H22N2O5. The van der Waals surface area contributed by atoms with Gasteiger partial charge < -0.3 is 14.6 Å². The molecule has 0 spiro atoms. The molecule has 7 nitrogen and oxygen atoms in total. The third kappa shape index (κ3) is 4.31. The third-order valence-corrected chi connectivity index (χ3v) is 4.59. The van der Waals surface area contributed by atoms with Crippen molar-refractivity contribution in [2.45, 2.75) is 25.3 Å². The summed E-state index contributed by atoms with van der Waals surface area (Å²) in [7, 11) is 3.15. The highest BCUT2D eigenvalue weighted by molar-refractivity contribution is 6.03. The highest BCUT2D eigenvalue weighted by Gasteiger charge is 2.33. The van der Waals surface area contributed by atoms with E-state index in [-0.39, 0.29) is 24.8 Å². The maximum Gasteiger partial charge on any atom is 0.303 e. The Morgan fingerprint density at radius 2 is 1.71 bits per heavy atom. The molecule has 1 heterocycles. The minimum Gasteiger partial charge on any atom is -0.497 e. The number of nitrogens with zero attached hydrogens (tertiary/aromatic N) is 2. The third-order valence-electron chi connectivity index (χ3n) is 4.59. The average molecular weight is 382 g/mol. The fourth-order valence-corrected chi connectivity index (χ4v) is 3.15. The molecule has 0 bridgehead atoms. The van der Waals surface area contributed by atoms with E-state index in [1.54, 1.807) is 20.3 Å². The summed E-state index contributed by atoms with van der Waals surface area (Å²) >= 11 is 0. The highest BCUT2D eigenvalue weighted by Crippen LogP contribution is 2.35. The van der Waals surface area contributed by atoms with E-state index in [0.717, 1.165) is 16.8 Å². The maximum absolute atomic E-state index is 12.7. The summed E-state index contributed by atoms with van der Waals surface area (Å²) < 4.78 is 10.7. The van der Waals surface area contributed by atoms with Crippen LogP contribution in [-0.4, -0.2) is 41.9 Å². The molecule has 0 saturated carbocycles. The number of carbonyl (C=O) groups is 2. The fraction of sp³-hybridized carbons (Fsp3) is 0.286. The van der Waals surface area contributed by atoms with Crippen LogP contribution in [0.25, 0.3) is 0 Å². The van der Waals surface area contributed by atoms with Gasteiger partial charge in [0, 0.05) is 24.5 Å².